The molecule has 5 heteroatoms. The fourth-order valence-electron chi connectivity index (χ4n) is 2.07. The number of Topliss-reactive ketones (excluding diaryl/α,β-unsaturated/α-hetero) is 1. The second-order valence-corrected chi connectivity index (χ2v) is 4.47. The summed E-state index contributed by atoms with van der Waals surface area (Å²) in [6.45, 7) is 1.42. The number of carbonyl (C=O) groups is 1. The van der Waals surface area contributed by atoms with Gasteiger partial charge in [0, 0.05) is 5.69 Å². The van der Waals surface area contributed by atoms with Gasteiger partial charge in [-0.25, -0.2) is 9.37 Å². The van der Waals surface area contributed by atoms with Crippen molar-refractivity contribution < 1.29 is 13.6 Å². The van der Waals surface area contributed by atoms with Crippen LogP contribution in [0.5, 0.6) is 0 Å². The number of hydrogen-bond donors (Lipinski definition) is 1. The Bertz CT molecular complexity index is 824. The van der Waals surface area contributed by atoms with Gasteiger partial charge in [0.1, 0.15) is 11.3 Å². The molecule has 0 saturated carbocycles. The molecule has 100 valence electrons. The van der Waals surface area contributed by atoms with Crippen LogP contribution in [0, 0.1) is 5.82 Å². The molecule has 0 unspecified atom stereocenters. The number of ketones is 1. The number of benzene rings is 2. The van der Waals surface area contributed by atoms with Crippen LogP contribution in [0.15, 0.2) is 40.8 Å². The first-order valence-electron chi connectivity index (χ1n) is 6.02. The number of hydrogen-bond acceptors (Lipinski definition) is 4. The van der Waals surface area contributed by atoms with Gasteiger partial charge in [0.15, 0.2) is 11.4 Å². The molecule has 0 radical (unpaired) electrons. The highest BCUT2D eigenvalue weighted by molar-refractivity contribution is 6.05. The second kappa shape index (κ2) is 4.45. The van der Waals surface area contributed by atoms with E-state index in [2.05, 4.69) is 4.98 Å². The minimum absolute atomic E-state index is 0.131. The summed E-state index contributed by atoms with van der Waals surface area (Å²) in [4.78, 5) is 15.8. The fourth-order valence-corrected chi connectivity index (χ4v) is 2.07. The standard InChI is InChI=1S/C15H11FN2O2/c1-8(19)11-6-9(17)7-13-14(11)20-15(18-13)10-4-2-3-5-12(10)16/h2-7H,17H2,1H3. The van der Waals surface area contributed by atoms with Crippen molar-refractivity contribution in [3.8, 4) is 11.5 Å². The molecular weight excluding hydrogens is 259 g/mol. The van der Waals surface area contributed by atoms with Gasteiger partial charge in [-0.3, -0.25) is 4.79 Å². The monoisotopic (exact) mass is 270 g/mol. The summed E-state index contributed by atoms with van der Waals surface area (Å²) in [6, 6.07) is 9.28. The van der Waals surface area contributed by atoms with Crippen molar-refractivity contribution in [3.05, 3.63) is 47.8 Å². The van der Waals surface area contributed by atoms with Gasteiger partial charge in [-0.05, 0) is 31.2 Å². The molecule has 0 spiro atoms. The number of nitrogens with two attached hydrogens (primary N) is 1. The zero-order valence-corrected chi connectivity index (χ0v) is 10.7. The first-order valence-corrected chi connectivity index (χ1v) is 6.02. The molecule has 0 aliphatic rings. The predicted octanol–water partition coefficient (Wildman–Crippen LogP) is 3.42. The van der Waals surface area contributed by atoms with Crippen molar-refractivity contribution in [3.63, 3.8) is 0 Å². The molecule has 0 aliphatic heterocycles. The number of rotatable bonds is 2. The molecule has 0 aliphatic carbocycles. The van der Waals surface area contributed by atoms with E-state index in [9.17, 15) is 9.18 Å². The lowest BCUT2D eigenvalue weighted by Crippen LogP contribution is -1.95. The summed E-state index contributed by atoms with van der Waals surface area (Å²) in [5.74, 6) is -0.485. The largest absolute Gasteiger partial charge is 0.435 e. The number of halogens is 1. The highest BCUT2D eigenvalue weighted by Gasteiger charge is 2.17. The first-order chi connectivity index (χ1) is 9.56. The Morgan fingerprint density at radius 2 is 2.05 bits per heavy atom. The molecule has 20 heavy (non-hydrogen) atoms. The fraction of sp³-hybridized carbons (Fsp3) is 0.0667. The number of oxazole rings is 1. The minimum atomic E-state index is -0.434. The lowest BCUT2D eigenvalue weighted by molar-refractivity contribution is 0.101. The van der Waals surface area contributed by atoms with Crippen molar-refractivity contribution in [1.29, 1.82) is 0 Å². The highest BCUT2D eigenvalue weighted by Crippen LogP contribution is 2.29. The van der Waals surface area contributed by atoms with E-state index in [1.807, 2.05) is 0 Å². The van der Waals surface area contributed by atoms with Crippen LogP contribution in [0.25, 0.3) is 22.6 Å². The molecule has 0 bridgehead atoms. The van der Waals surface area contributed by atoms with Crippen LogP contribution in [0.4, 0.5) is 10.1 Å². The molecule has 1 aromatic heterocycles. The van der Waals surface area contributed by atoms with Crippen LogP contribution < -0.4 is 5.73 Å². The van der Waals surface area contributed by atoms with E-state index in [0.717, 1.165) is 0 Å². The maximum absolute atomic E-state index is 13.8. The molecule has 2 N–H and O–H groups in total. The summed E-state index contributed by atoms with van der Waals surface area (Å²) >= 11 is 0. The Morgan fingerprint density at radius 1 is 1.30 bits per heavy atom. The smallest absolute Gasteiger partial charge is 0.230 e. The zero-order valence-electron chi connectivity index (χ0n) is 10.7. The molecule has 0 saturated heterocycles. The van der Waals surface area contributed by atoms with E-state index in [1.54, 1.807) is 24.3 Å². The molecule has 4 nitrogen and oxygen atoms in total. The van der Waals surface area contributed by atoms with Gasteiger partial charge in [0.2, 0.25) is 5.89 Å². The van der Waals surface area contributed by atoms with E-state index in [-0.39, 0.29) is 17.2 Å². The zero-order chi connectivity index (χ0) is 14.3. The first kappa shape index (κ1) is 12.3. The normalized spacial score (nSPS) is 10.9. The lowest BCUT2D eigenvalue weighted by atomic mass is 10.1. The van der Waals surface area contributed by atoms with Gasteiger partial charge in [-0.15, -0.1) is 0 Å². The van der Waals surface area contributed by atoms with Gasteiger partial charge in [0.25, 0.3) is 0 Å². The van der Waals surface area contributed by atoms with E-state index in [0.29, 0.717) is 22.4 Å². The van der Waals surface area contributed by atoms with Gasteiger partial charge in [0.05, 0.1) is 11.1 Å². The maximum atomic E-state index is 13.8. The maximum Gasteiger partial charge on any atom is 0.230 e. The molecular formula is C15H11FN2O2. The molecule has 2 aromatic carbocycles. The minimum Gasteiger partial charge on any atom is -0.435 e. The third-order valence-corrected chi connectivity index (χ3v) is 3.00. The predicted molar refractivity (Wildman–Crippen MR) is 73.8 cm³/mol. The van der Waals surface area contributed by atoms with E-state index < -0.39 is 5.82 Å². The van der Waals surface area contributed by atoms with Gasteiger partial charge in [-0.1, -0.05) is 12.1 Å². The van der Waals surface area contributed by atoms with Crippen LogP contribution in [0.2, 0.25) is 0 Å². The number of nitrogens with zero attached hydrogens (tertiary/aromatic N) is 1. The van der Waals surface area contributed by atoms with Crippen LogP contribution in [-0.2, 0) is 0 Å². The Balaban J connectivity index is 2.28. The number of aromatic nitrogens is 1. The SMILES string of the molecule is CC(=O)c1cc(N)cc2nc(-c3ccccc3F)oc12. The Morgan fingerprint density at radius 3 is 2.75 bits per heavy atom. The Labute approximate surface area is 114 Å². The molecule has 3 aromatic rings. The van der Waals surface area contributed by atoms with Crippen molar-refractivity contribution in [2.45, 2.75) is 6.92 Å². The third kappa shape index (κ3) is 1.93. The van der Waals surface area contributed by atoms with Crippen LogP contribution >= 0.6 is 0 Å². The van der Waals surface area contributed by atoms with E-state index >= 15 is 0 Å². The Kier molecular flexibility index (Phi) is 2.75. The summed E-state index contributed by atoms with van der Waals surface area (Å²) in [7, 11) is 0. The van der Waals surface area contributed by atoms with Crippen molar-refractivity contribution in [2.75, 3.05) is 5.73 Å². The van der Waals surface area contributed by atoms with E-state index in [1.165, 1.54) is 19.1 Å². The molecule has 1 heterocycles. The summed E-state index contributed by atoms with van der Waals surface area (Å²) in [6.07, 6.45) is 0. The summed E-state index contributed by atoms with van der Waals surface area (Å²) in [5, 5.41) is 0. The quantitative estimate of drug-likeness (QED) is 0.572. The van der Waals surface area contributed by atoms with Crippen molar-refractivity contribution in [1.82, 2.24) is 4.98 Å². The topological polar surface area (TPSA) is 69.1 Å². The average molecular weight is 270 g/mol. The lowest BCUT2D eigenvalue weighted by Gasteiger charge is -1.98. The number of carbonyl (C=O) groups excluding carboxylic acids is 1. The van der Waals surface area contributed by atoms with Gasteiger partial charge >= 0.3 is 0 Å². The van der Waals surface area contributed by atoms with Gasteiger partial charge < -0.3 is 10.2 Å². The van der Waals surface area contributed by atoms with Crippen molar-refractivity contribution >= 4 is 22.6 Å². The summed E-state index contributed by atoms with van der Waals surface area (Å²) < 4.78 is 19.3. The van der Waals surface area contributed by atoms with Crippen molar-refractivity contribution in [2.24, 2.45) is 0 Å². The van der Waals surface area contributed by atoms with Crippen LogP contribution in [0.1, 0.15) is 17.3 Å². The molecule has 0 amide bonds. The van der Waals surface area contributed by atoms with Crippen LogP contribution in [0.3, 0.4) is 0 Å². The molecule has 3 rings (SSSR count). The summed E-state index contributed by atoms with van der Waals surface area (Å²) in [5.41, 5.74) is 7.50. The van der Waals surface area contributed by atoms with E-state index in [4.69, 9.17) is 10.2 Å². The molecule has 0 atom stereocenters. The number of fused-ring (bicyclic) bond motifs is 1. The number of anilines is 1. The Hall–Kier alpha value is -2.69. The van der Waals surface area contributed by atoms with Gasteiger partial charge in [-0.2, -0.15) is 0 Å². The number of nitrogen functional groups attached to an aromatic ring is 1. The highest BCUT2D eigenvalue weighted by atomic mass is 19.1. The second-order valence-electron chi connectivity index (χ2n) is 4.47. The third-order valence-electron chi connectivity index (χ3n) is 3.00. The average Bonchev–Trinajstić information content (AvgIpc) is 2.81. The molecule has 0 fully saturated rings. The van der Waals surface area contributed by atoms with Crippen LogP contribution in [-0.4, -0.2) is 10.8 Å².